The zero-order chi connectivity index (χ0) is 22.4. The van der Waals surface area contributed by atoms with E-state index in [0.717, 1.165) is 16.8 Å². The Labute approximate surface area is 190 Å². The molecule has 3 nitrogen and oxygen atoms in total. The fourth-order valence-corrected chi connectivity index (χ4v) is 5.52. The summed E-state index contributed by atoms with van der Waals surface area (Å²) in [6, 6.07) is 35.7. The third-order valence-corrected chi connectivity index (χ3v) is 7.42. The molecule has 4 rings (SSSR count). The van der Waals surface area contributed by atoms with E-state index in [1.54, 1.807) is 24.3 Å². The first-order valence-electron chi connectivity index (χ1n) is 10.6. The number of hydrogen-bond donors (Lipinski definition) is 0. The van der Waals surface area contributed by atoms with E-state index in [-0.39, 0.29) is 0 Å². The lowest BCUT2D eigenvalue weighted by atomic mass is 10.0. The van der Waals surface area contributed by atoms with Crippen LogP contribution in [0.25, 0.3) is 0 Å². The zero-order valence-corrected chi connectivity index (χ0v) is 18.7. The van der Waals surface area contributed by atoms with E-state index < -0.39 is 15.1 Å². The van der Waals surface area contributed by atoms with Gasteiger partial charge in [0.15, 0.2) is 9.84 Å². The highest BCUT2D eigenvalue weighted by Gasteiger charge is 2.33. The summed E-state index contributed by atoms with van der Waals surface area (Å²) in [4.78, 5) is 5.19. The average molecular weight is 440 g/mol. The van der Waals surface area contributed by atoms with Crippen molar-refractivity contribution in [3.63, 3.8) is 0 Å². The van der Waals surface area contributed by atoms with Gasteiger partial charge in [-0.25, -0.2) is 8.42 Å². The molecule has 0 saturated carbocycles. The van der Waals surface area contributed by atoms with Gasteiger partial charge in [0.2, 0.25) is 0 Å². The lowest BCUT2D eigenvalue weighted by molar-refractivity contribution is 0.592. The number of nitrogens with zero attached hydrogens (tertiary/aromatic N) is 1. The molecule has 0 amide bonds. The monoisotopic (exact) mass is 439 g/mol. The molecule has 0 N–H and O–H groups in total. The number of sulfone groups is 1. The average Bonchev–Trinajstić information content (AvgIpc) is 2.82. The molecule has 0 aromatic heterocycles. The van der Waals surface area contributed by atoms with Gasteiger partial charge in [-0.1, -0.05) is 96.6 Å². The van der Waals surface area contributed by atoms with Gasteiger partial charge in [-0.3, -0.25) is 4.99 Å². The number of aryl methyl sites for hydroxylation is 1. The smallest absolute Gasteiger partial charge is 0.190 e. The molecule has 160 valence electrons. The molecular formula is C28H25NO2S. The van der Waals surface area contributed by atoms with E-state index in [4.69, 9.17) is 4.99 Å². The first-order valence-corrected chi connectivity index (χ1v) is 12.1. The normalized spacial score (nSPS) is 13.0. The molecule has 0 fully saturated rings. The van der Waals surface area contributed by atoms with Crippen LogP contribution in [0.15, 0.2) is 125 Å². The highest BCUT2D eigenvalue weighted by molar-refractivity contribution is 7.92. The van der Waals surface area contributed by atoms with E-state index in [1.807, 2.05) is 97.9 Å². The summed E-state index contributed by atoms with van der Waals surface area (Å²) in [7, 11) is -3.73. The summed E-state index contributed by atoms with van der Waals surface area (Å²) in [5.74, 6) is 0. The predicted molar refractivity (Wildman–Crippen MR) is 131 cm³/mol. The van der Waals surface area contributed by atoms with Crippen LogP contribution in [0.2, 0.25) is 0 Å². The maximum absolute atomic E-state index is 13.9. The second-order valence-corrected chi connectivity index (χ2v) is 9.78. The van der Waals surface area contributed by atoms with Gasteiger partial charge < -0.3 is 0 Å². The van der Waals surface area contributed by atoms with E-state index >= 15 is 0 Å². The Morgan fingerprint density at radius 2 is 1.25 bits per heavy atom. The summed E-state index contributed by atoms with van der Waals surface area (Å²) >= 11 is 0. The van der Waals surface area contributed by atoms with Crippen LogP contribution in [0, 0.1) is 6.92 Å². The van der Waals surface area contributed by atoms with Gasteiger partial charge in [0, 0.05) is 12.1 Å². The molecule has 0 heterocycles. The Hall–Kier alpha value is -3.50. The number of rotatable bonds is 7. The second kappa shape index (κ2) is 9.75. The molecule has 1 unspecified atom stereocenters. The molecule has 0 saturated heterocycles. The highest BCUT2D eigenvalue weighted by Crippen LogP contribution is 2.33. The molecule has 0 bridgehead atoms. The van der Waals surface area contributed by atoms with Crippen molar-refractivity contribution in [1.82, 2.24) is 0 Å². The quantitative estimate of drug-likeness (QED) is 0.308. The summed E-state index contributed by atoms with van der Waals surface area (Å²) in [6.07, 6.45) is 0.431. The molecule has 0 aliphatic rings. The van der Waals surface area contributed by atoms with Crippen molar-refractivity contribution in [2.45, 2.75) is 23.5 Å². The van der Waals surface area contributed by atoms with Crippen LogP contribution in [-0.2, 0) is 16.3 Å². The molecule has 1 atom stereocenters. The fourth-order valence-electron chi connectivity index (χ4n) is 3.71. The van der Waals surface area contributed by atoms with Gasteiger partial charge in [-0.15, -0.1) is 0 Å². The number of benzene rings is 4. The van der Waals surface area contributed by atoms with Gasteiger partial charge in [-0.05, 0) is 42.3 Å². The fraction of sp³-hybridized carbons (Fsp3) is 0.107. The van der Waals surface area contributed by atoms with Gasteiger partial charge in [0.25, 0.3) is 0 Å². The minimum Gasteiger partial charge on any atom is -0.256 e. The third kappa shape index (κ3) is 5.04. The summed E-state index contributed by atoms with van der Waals surface area (Å²) in [5.41, 5.74) is 4.19. The van der Waals surface area contributed by atoms with Crippen LogP contribution in [0.4, 0.5) is 5.69 Å². The molecular weight excluding hydrogens is 414 g/mol. The van der Waals surface area contributed by atoms with Crippen molar-refractivity contribution < 1.29 is 8.42 Å². The van der Waals surface area contributed by atoms with Crippen molar-refractivity contribution in [1.29, 1.82) is 0 Å². The van der Waals surface area contributed by atoms with Crippen LogP contribution in [0.3, 0.4) is 0 Å². The second-order valence-electron chi connectivity index (χ2n) is 7.75. The largest absolute Gasteiger partial charge is 0.256 e. The van der Waals surface area contributed by atoms with Crippen molar-refractivity contribution in [2.24, 2.45) is 4.99 Å². The molecule has 4 aromatic carbocycles. The van der Waals surface area contributed by atoms with Gasteiger partial charge in [-0.2, -0.15) is 0 Å². The maximum atomic E-state index is 13.9. The maximum Gasteiger partial charge on any atom is 0.190 e. The van der Waals surface area contributed by atoms with Crippen LogP contribution in [0.5, 0.6) is 0 Å². The molecule has 4 heteroatoms. The van der Waals surface area contributed by atoms with E-state index in [0.29, 0.717) is 22.6 Å². The first kappa shape index (κ1) is 21.7. The van der Waals surface area contributed by atoms with Gasteiger partial charge >= 0.3 is 0 Å². The minimum absolute atomic E-state index is 0.290. The standard InChI is InChI=1S/C28H25NO2S/c1-22-17-19-25(20-18-22)29-27(21-23-11-5-2-6-12-23)28(24-13-7-3-8-14-24)32(30,31)26-15-9-4-10-16-26/h2-20,28H,21H2,1H3. The van der Waals surface area contributed by atoms with Crippen LogP contribution in [-0.4, -0.2) is 14.1 Å². The molecule has 0 spiro atoms. The minimum atomic E-state index is -3.73. The topological polar surface area (TPSA) is 46.5 Å². The SMILES string of the molecule is Cc1ccc(N=C(Cc2ccccc2)C(c2ccccc2)S(=O)(=O)c2ccccc2)cc1. The van der Waals surface area contributed by atoms with Gasteiger partial charge in [0.05, 0.1) is 10.6 Å². The van der Waals surface area contributed by atoms with Crippen molar-refractivity contribution in [3.05, 3.63) is 132 Å². The summed E-state index contributed by atoms with van der Waals surface area (Å²) in [6.45, 7) is 2.02. The highest BCUT2D eigenvalue weighted by atomic mass is 32.2. The Morgan fingerprint density at radius 1 is 0.719 bits per heavy atom. The zero-order valence-electron chi connectivity index (χ0n) is 17.9. The molecule has 0 aliphatic carbocycles. The Bertz CT molecular complexity index is 1280. The van der Waals surface area contributed by atoms with Gasteiger partial charge in [0.1, 0.15) is 5.25 Å². The predicted octanol–water partition coefficient (Wildman–Crippen LogP) is 6.53. The van der Waals surface area contributed by atoms with E-state index in [1.165, 1.54) is 0 Å². The molecule has 0 aliphatic heterocycles. The van der Waals surface area contributed by atoms with Crippen molar-refractivity contribution in [2.75, 3.05) is 0 Å². The Balaban J connectivity index is 1.91. The summed E-state index contributed by atoms with van der Waals surface area (Å²) < 4.78 is 27.9. The Kier molecular flexibility index (Phi) is 6.62. The number of hydrogen-bond acceptors (Lipinski definition) is 3. The van der Waals surface area contributed by atoms with E-state index in [2.05, 4.69) is 0 Å². The number of aliphatic imine (C=N–C) groups is 1. The molecule has 0 radical (unpaired) electrons. The molecule has 4 aromatic rings. The van der Waals surface area contributed by atoms with Crippen LogP contribution < -0.4 is 0 Å². The van der Waals surface area contributed by atoms with Crippen LogP contribution in [0.1, 0.15) is 21.9 Å². The lowest BCUT2D eigenvalue weighted by Crippen LogP contribution is -2.24. The van der Waals surface area contributed by atoms with Crippen molar-refractivity contribution >= 4 is 21.2 Å². The summed E-state index contributed by atoms with van der Waals surface area (Å²) in [5, 5.41) is -0.896. The molecule has 32 heavy (non-hydrogen) atoms. The lowest BCUT2D eigenvalue weighted by Gasteiger charge is -2.21. The van der Waals surface area contributed by atoms with Crippen LogP contribution >= 0.6 is 0 Å². The third-order valence-electron chi connectivity index (χ3n) is 5.32. The van der Waals surface area contributed by atoms with Crippen molar-refractivity contribution in [3.8, 4) is 0 Å². The van der Waals surface area contributed by atoms with E-state index in [9.17, 15) is 8.42 Å². The first-order chi connectivity index (χ1) is 15.5. The Morgan fingerprint density at radius 3 is 1.84 bits per heavy atom.